The van der Waals surface area contributed by atoms with Crippen LogP contribution in [0.5, 0.6) is 0 Å². The maximum Gasteiger partial charge on any atom is 0.129 e. The van der Waals surface area contributed by atoms with E-state index in [1.165, 1.54) is 0 Å². The summed E-state index contributed by atoms with van der Waals surface area (Å²) in [5, 5.41) is 0.687. The Morgan fingerprint density at radius 1 is 1.11 bits per heavy atom. The Labute approximate surface area is 129 Å². The smallest absolute Gasteiger partial charge is 0.129 e. The number of imidazole rings is 1. The van der Waals surface area contributed by atoms with Crippen molar-refractivity contribution in [2.45, 2.75) is 5.88 Å². The molecule has 0 amide bonds. The Kier molecular flexibility index (Phi) is 3.52. The molecule has 2 aromatic carbocycles. The predicted octanol–water partition coefficient (Wildman–Crippen LogP) is 5.18. The second-order valence-electron chi connectivity index (χ2n) is 4.11. The lowest BCUT2D eigenvalue weighted by Gasteiger charge is -2.08. The number of benzene rings is 2. The molecular formula is C14H9BrCl2N2. The molecule has 0 bridgehead atoms. The van der Waals surface area contributed by atoms with Crippen molar-refractivity contribution < 1.29 is 0 Å². The van der Waals surface area contributed by atoms with E-state index >= 15 is 0 Å². The summed E-state index contributed by atoms with van der Waals surface area (Å²) < 4.78 is 3.06. The van der Waals surface area contributed by atoms with Gasteiger partial charge in [-0.2, -0.15) is 0 Å². The zero-order valence-electron chi connectivity index (χ0n) is 9.78. The number of halogens is 3. The van der Waals surface area contributed by atoms with E-state index in [0.717, 1.165) is 27.0 Å². The summed E-state index contributed by atoms with van der Waals surface area (Å²) in [5.41, 5.74) is 2.87. The number of rotatable bonds is 2. The van der Waals surface area contributed by atoms with Crippen molar-refractivity contribution in [3.05, 3.63) is 57.8 Å². The molecule has 0 unspecified atom stereocenters. The lowest BCUT2D eigenvalue weighted by atomic mass is 10.3. The minimum absolute atomic E-state index is 0.350. The number of hydrogen-bond acceptors (Lipinski definition) is 1. The van der Waals surface area contributed by atoms with Crippen LogP contribution in [-0.4, -0.2) is 9.55 Å². The largest absolute Gasteiger partial charge is 0.295 e. The molecule has 5 heteroatoms. The maximum absolute atomic E-state index is 6.07. The van der Waals surface area contributed by atoms with Crippen molar-refractivity contribution >= 4 is 50.2 Å². The van der Waals surface area contributed by atoms with Crippen LogP contribution in [0.3, 0.4) is 0 Å². The molecule has 96 valence electrons. The number of alkyl halides is 1. The molecule has 0 atom stereocenters. The highest BCUT2D eigenvalue weighted by molar-refractivity contribution is 9.10. The van der Waals surface area contributed by atoms with Gasteiger partial charge in [0.25, 0.3) is 0 Å². The molecule has 0 fully saturated rings. The average Bonchev–Trinajstić information content (AvgIpc) is 2.77. The molecule has 0 saturated carbocycles. The highest BCUT2D eigenvalue weighted by Crippen LogP contribution is 2.26. The van der Waals surface area contributed by atoms with Gasteiger partial charge < -0.3 is 0 Å². The zero-order chi connectivity index (χ0) is 13.4. The second kappa shape index (κ2) is 5.16. The molecule has 0 N–H and O–H groups in total. The number of nitrogens with zero attached hydrogens (tertiary/aromatic N) is 2. The van der Waals surface area contributed by atoms with Gasteiger partial charge in [-0.25, -0.2) is 4.98 Å². The Morgan fingerprint density at radius 2 is 1.84 bits per heavy atom. The molecule has 1 heterocycles. The van der Waals surface area contributed by atoms with Gasteiger partial charge in [-0.05, 0) is 42.5 Å². The van der Waals surface area contributed by atoms with Crippen LogP contribution in [0.15, 0.2) is 46.9 Å². The van der Waals surface area contributed by atoms with Crippen LogP contribution < -0.4 is 0 Å². The van der Waals surface area contributed by atoms with Crippen LogP contribution in [0, 0.1) is 0 Å². The van der Waals surface area contributed by atoms with Crippen LogP contribution >= 0.6 is 39.1 Å². The normalized spacial score (nSPS) is 11.1. The minimum Gasteiger partial charge on any atom is -0.295 e. The van der Waals surface area contributed by atoms with Crippen LogP contribution in [-0.2, 0) is 5.88 Å². The topological polar surface area (TPSA) is 17.8 Å². The van der Waals surface area contributed by atoms with E-state index in [-0.39, 0.29) is 0 Å². The van der Waals surface area contributed by atoms with Gasteiger partial charge in [0, 0.05) is 15.2 Å². The number of aromatic nitrogens is 2. The van der Waals surface area contributed by atoms with E-state index in [4.69, 9.17) is 23.2 Å². The number of hydrogen-bond donors (Lipinski definition) is 0. The van der Waals surface area contributed by atoms with Crippen molar-refractivity contribution in [2.75, 3.05) is 0 Å². The summed E-state index contributed by atoms with van der Waals surface area (Å²) in [5.74, 6) is 1.16. The first-order valence-electron chi connectivity index (χ1n) is 5.68. The molecule has 19 heavy (non-hydrogen) atoms. The molecule has 1 aromatic heterocycles. The summed E-state index contributed by atoms with van der Waals surface area (Å²) in [6.07, 6.45) is 0. The van der Waals surface area contributed by atoms with Gasteiger partial charge in [-0.15, -0.1) is 11.6 Å². The van der Waals surface area contributed by atoms with E-state index in [0.29, 0.717) is 10.9 Å². The van der Waals surface area contributed by atoms with Gasteiger partial charge in [0.2, 0.25) is 0 Å². The first-order chi connectivity index (χ1) is 9.19. The fourth-order valence-corrected chi connectivity index (χ4v) is 2.68. The first kappa shape index (κ1) is 13.0. The molecule has 0 saturated heterocycles. The average molecular weight is 356 g/mol. The zero-order valence-corrected chi connectivity index (χ0v) is 12.9. The fraction of sp³-hybridized carbons (Fsp3) is 0.0714. The third-order valence-electron chi connectivity index (χ3n) is 2.89. The third-order valence-corrected chi connectivity index (χ3v) is 3.89. The van der Waals surface area contributed by atoms with Crippen molar-refractivity contribution in [1.29, 1.82) is 0 Å². The lowest BCUT2D eigenvalue weighted by Crippen LogP contribution is -1.98. The van der Waals surface area contributed by atoms with Crippen molar-refractivity contribution in [3.63, 3.8) is 0 Å². The monoisotopic (exact) mass is 354 g/mol. The Balaban J connectivity index is 2.31. The maximum atomic E-state index is 6.07. The van der Waals surface area contributed by atoms with Gasteiger partial charge in [0.1, 0.15) is 5.82 Å². The van der Waals surface area contributed by atoms with Gasteiger partial charge in [0.15, 0.2) is 0 Å². The highest BCUT2D eigenvalue weighted by atomic mass is 79.9. The molecule has 0 aliphatic carbocycles. The molecule has 0 aliphatic rings. The van der Waals surface area contributed by atoms with Gasteiger partial charge in [-0.1, -0.05) is 27.5 Å². The van der Waals surface area contributed by atoms with Gasteiger partial charge in [-0.3, -0.25) is 4.57 Å². The SMILES string of the molecule is ClCc1nc2ccc(Cl)cc2n1-c1ccc(Br)cc1. The Hall–Kier alpha value is -1.03. The molecule has 2 nitrogen and oxygen atoms in total. The minimum atomic E-state index is 0.350. The summed E-state index contributed by atoms with van der Waals surface area (Å²) >= 11 is 15.5. The van der Waals surface area contributed by atoms with E-state index in [9.17, 15) is 0 Å². The van der Waals surface area contributed by atoms with Gasteiger partial charge in [0.05, 0.1) is 16.9 Å². The van der Waals surface area contributed by atoms with Crippen LogP contribution in [0.2, 0.25) is 5.02 Å². The first-order valence-corrected chi connectivity index (χ1v) is 7.38. The Morgan fingerprint density at radius 3 is 2.53 bits per heavy atom. The lowest BCUT2D eigenvalue weighted by molar-refractivity contribution is 0.981. The standard InChI is InChI=1S/C14H9BrCl2N2/c15-9-1-4-11(5-2-9)19-13-7-10(17)3-6-12(13)18-14(19)8-16/h1-7H,8H2. The van der Waals surface area contributed by atoms with Gasteiger partial charge >= 0.3 is 0 Å². The Bertz CT molecular complexity index is 735. The van der Waals surface area contributed by atoms with Crippen LogP contribution in [0.1, 0.15) is 5.82 Å². The molecular weight excluding hydrogens is 347 g/mol. The predicted molar refractivity (Wildman–Crippen MR) is 83.3 cm³/mol. The summed E-state index contributed by atoms with van der Waals surface area (Å²) in [6.45, 7) is 0. The quantitative estimate of drug-likeness (QED) is 0.579. The summed E-state index contributed by atoms with van der Waals surface area (Å²) in [7, 11) is 0. The summed E-state index contributed by atoms with van der Waals surface area (Å²) in [6, 6.07) is 13.7. The van der Waals surface area contributed by atoms with E-state index < -0.39 is 0 Å². The molecule has 3 rings (SSSR count). The molecule has 3 aromatic rings. The molecule has 0 spiro atoms. The van der Waals surface area contributed by atoms with E-state index in [1.54, 1.807) is 0 Å². The van der Waals surface area contributed by atoms with Crippen molar-refractivity contribution in [2.24, 2.45) is 0 Å². The molecule has 0 aliphatic heterocycles. The van der Waals surface area contributed by atoms with Crippen LogP contribution in [0.4, 0.5) is 0 Å². The van der Waals surface area contributed by atoms with Crippen LogP contribution in [0.25, 0.3) is 16.7 Å². The third kappa shape index (κ3) is 2.38. The molecule has 0 radical (unpaired) electrons. The van der Waals surface area contributed by atoms with E-state index in [2.05, 4.69) is 20.9 Å². The van der Waals surface area contributed by atoms with E-state index in [1.807, 2.05) is 47.0 Å². The van der Waals surface area contributed by atoms with Crippen molar-refractivity contribution in [1.82, 2.24) is 9.55 Å². The number of fused-ring (bicyclic) bond motifs is 1. The fourth-order valence-electron chi connectivity index (χ4n) is 2.07. The highest BCUT2D eigenvalue weighted by Gasteiger charge is 2.11. The second-order valence-corrected chi connectivity index (χ2v) is 5.73. The summed E-state index contributed by atoms with van der Waals surface area (Å²) in [4.78, 5) is 4.53. The van der Waals surface area contributed by atoms with Crippen molar-refractivity contribution in [3.8, 4) is 5.69 Å².